The second kappa shape index (κ2) is 2.19. The molecule has 0 saturated carbocycles. The molecule has 1 aromatic rings. The molecular weight excluding hydrogens is 140 g/mol. The number of rotatable bonds is 1. The van der Waals surface area contributed by atoms with Gasteiger partial charge in [0, 0.05) is 0 Å². The first-order chi connectivity index (χ1) is 3.83. The summed E-state index contributed by atoms with van der Waals surface area (Å²) < 4.78 is 3.49. The normalized spacial score (nSPS) is 9.00. The molecule has 4 heteroatoms. The Bertz CT molecular complexity index is 234. The molecule has 0 aliphatic heterocycles. The second-order valence-electron chi connectivity index (χ2n) is 1.17. The van der Waals surface area contributed by atoms with E-state index in [1.165, 1.54) is 11.5 Å². The lowest BCUT2D eigenvalue weighted by molar-refractivity contribution is 1.27. The minimum atomic E-state index is 0.625. The van der Waals surface area contributed by atoms with Crippen LogP contribution in [0.25, 0.3) is 6.08 Å². The molecule has 0 amide bonds. The van der Waals surface area contributed by atoms with Crippen molar-refractivity contribution in [2.24, 2.45) is 0 Å². The largest absolute Gasteiger partial charge is 0.293 e. The number of hydrogen-bond donors (Lipinski definition) is 1. The number of H-pyrrole nitrogens is 1. The Morgan fingerprint density at radius 2 is 2.62 bits per heavy atom. The summed E-state index contributed by atoms with van der Waals surface area (Å²) in [7, 11) is 0. The quantitative estimate of drug-likeness (QED) is 0.609. The van der Waals surface area contributed by atoms with E-state index in [0.717, 1.165) is 5.82 Å². The number of nitrogens with zero attached hydrogens (tertiary/aromatic N) is 1. The highest BCUT2D eigenvalue weighted by Crippen LogP contribution is 1.97. The molecule has 1 N–H and O–H groups in total. The molecule has 0 radical (unpaired) electrons. The first kappa shape index (κ1) is 5.65. The standard InChI is InChI=1S/C4H4N2S2/c1-2-3-5-4(7)8-6-3/h2H,1H2,(H,5,6,7). The summed E-state index contributed by atoms with van der Waals surface area (Å²) in [4.78, 5) is 3.89. The van der Waals surface area contributed by atoms with Crippen molar-refractivity contribution >= 4 is 29.8 Å². The van der Waals surface area contributed by atoms with E-state index >= 15 is 0 Å². The predicted molar refractivity (Wildman–Crippen MR) is 37.4 cm³/mol. The minimum Gasteiger partial charge on any atom is -0.293 e. The van der Waals surface area contributed by atoms with Crippen LogP contribution in [0.5, 0.6) is 0 Å². The van der Waals surface area contributed by atoms with Crippen molar-refractivity contribution < 1.29 is 0 Å². The summed E-state index contributed by atoms with van der Waals surface area (Å²) in [5.41, 5.74) is 0. The fraction of sp³-hybridized carbons (Fsp3) is 0. The van der Waals surface area contributed by atoms with Crippen LogP contribution < -0.4 is 0 Å². The van der Waals surface area contributed by atoms with E-state index < -0.39 is 0 Å². The summed E-state index contributed by atoms with van der Waals surface area (Å²) in [6, 6.07) is 0. The van der Waals surface area contributed by atoms with Gasteiger partial charge in [0.2, 0.25) is 0 Å². The zero-order chi connectivity index (χ0) is 5.98. The van der Waals surface area contributed by atoms with E-state index in [0.29, 0.717) is 3.95 Å². The molecule has 0 saturated heterocycles. The maximum atomic E-state index is 4.73. The summed E-state index contributed by atoms with van der Waals surface area (Å²) in [5, 5.41) is 0. The second-order valence-corrected chi connectivity index (χ2v) is 2.61. The monoisotopic (exact) mass is 144 g/mol. The first-order valence-electron chi connectivity index (χ1n) is 2.01. The average Bonchev–Trinajstić information content (AvgIpc) is 2.14. The van der Waals surface area contributed by atoms with Crippen LogP contribution in [0.1, 0.15) is 5.82 Å². The highest BCUT2D eigenvalue weighted by atomic mass is 32.2. The molecule has 1 heterocycles. The van der Waals surface area contributed by atoms with Crippen LogP contribution in [0.3, 0.4) is 0 Å². The van der Waals surface area contributed by atoms with Crippen LogP contribution in [0.2, 0.25) is 0 Å². The Labute approximate surface area is 56.1 Å². The Kier molecular flexibility index (Phi) is 1.55. The Hall–Kier alpha value is -0.480. The van der Waals surface area contributed by atoms with E-state index in [4.69, 9.17) is 12.2 Å². The van der Waals surface area contributed by atoms with Gasteiger partial charge in [0.1, 0.15) is 5.82 Å². The number of hydrogen-bond acceptors (Lipinski definition) is 3. The lowest BCUT2D eigenvalue weighted by atomic mass is 10.6. The molecule has 0 aliphatic rings. The summed E-state index contributed by atoms with van der Waals surface area (Å²) in [6.07, 6.45) is 1.63. The van der Waals surface area contributed by atoms with Gasteiger partial charge in [-0.25, -0.2) is 4.98 Å². The van der Waals surface area contributed by atoms with Gasteiger partial charge in [0.25, 0.3) is 0 Å². The van der Waals surface area contributed by atoms with Gasteiger partial charge in [-0.2, -0.15) is 0 Å². The molecule has 0 atom stereocenters. The van der Waals surface area contributed by atoms with Crippen LogP contribution >= 0.6 is 23.8 Å². The SMILES string of the molecule is C=Cc1nc(=S)s[nH]1. The molecule has 0 aliphatic carbocycles. The average molecular weight is 144 g/mol. The lowest BCUT2D eigenvalue weighted by Crippen LogP contribution is -1.68. The highest BCUT2D eigenvalue weighted by Gasteiger charge is 1.85. The predicted octanol–water partition coefficient (Wildman–Crippen LogP) is 1.84. The van der Waals surface area contributed by atoms with Gasteiger partial charge in [0.15, 0.2) is 3.95 Å². The molecule has 0 aromatic carbocycles. The molecule has 0 bridgehead atoms. The third kappa shape index (κ3) is 1.02. The van der Waals surface area contributed by atoms with Crippen molar-refractivity contribution in [3.63, 3.8) is 0 Å². The van der Waals surface area contributed by atoms with Crippen molar-refractivity contribution in [2.75, 3.05) is 0 Å². The Balaban J connectivity index is 3.18. The van der Waals surface area contributed by atoms with Crippen molar-refractivity contribution in [3.8, 4) is 0 Å². The zero-order valence-corrected chi connectivity index (χ0v) is 5.68. The zero-order valence-electron chi connectivity index (χ0n) is 4.05. The van der Waals surface area contributed by atoms with Gasteiger partial charge in [0.05, 0.1) is 0 Å². The van der Waals surface area contributed by atoms with E-state index in [9.17, 15) is 0 Å². The minimum absolute atomic E-state index is 0.625. The highest BCUT2D eigenvalue weighted by molar-refractivity contribution is 7.73. The molecule has 2 nitrogen and oxygen atoms in total. The maximum absolute atomic E-state index is 4.73. The van der Waals surface area contributed by atoms with Crippen molar-refractivity contribution in [1.82, 2.24) is 9.36 Å². The van der Waals surface area contributed by atoms with Gasteiger partial charge in [-0.1, -0.05) is 6.58 Å². The number of aromatic nitrogens is 2. The molecule has 0 fully saturated rings. The topological polar surface area (TPSA) is 28.7 Å². The van der Waals surface area contributed by atoms with E-state index in [-0.39, 0.29) is 0 Å². The van der Waals surface area contributed by atoms with Crippen molar-refractivity contribution in [1.29, 1.82) is 0 Å². The molecule has 0 unspecified atom stereocenters. The number of nitrogens with one attached hydrogen (secondary N) is 1. The third-order valence-electron chi connectivity index (χ3n) is 0.648. The molecule has 42 valence electrons. The van der Waals surface area contributed by atoms with Gasteiger partial charge < -0.3 is 0 Å². The lowest BCUT2D eigenvalue weighted by Gasteiger charge is -1.71. The fourth-order valence-corrected chi connectivity index (χ4v) is 1.02. The molecule has 1 aromatic heterocycles. The fourth-order valence-electron chi connectivity index (χ4n) is 0.327. The van der Waals surface area contributed by atoms with Gasteiger partial charge >= 0.3 is 0 Å². The summed E-state index contributed by atoms with van der Waals surface area (Å²) in [5.74, 6) is 0.750. The maximum Gasteiger partial charge on any atom is 0.198 e. The Morgan fingerprint density at radius 1 is 1.88 bits per heavy atom. The van der Waals surface area contributed by atoms with E-state index in [1.54, 1.807) is 6.08 Å². The molecule has 0 spiro atoms. The van der Waals surface area contributed by atoms with Gasteiger partial charge in [-0.15, -0.1) is 0 Å². The van der Waals surface area contributed by atoms with Crippen LogP contribution in [-0.4, -0.2) is 9.36 Å². The van der Waals surface area contributed by atoms with E-state index in [1.807, 2.05) is 0 Å². The van der Waals surface area contributed by atoms with Gasteiger partial charge in [-0.05, 0) is 29.8 Å². The van der Waals surface area contributed by atoms with Gasteiger partial charge in [-0.3, -0.25) is 4.37 Å². The van der Waals surface area contributed by atoms with Crippen LogP contribution in [0, 0.1) is 3.95 Å². The van der Waals surface area contributed by atoms with E-state index in [2.05, 4.69) is 15.9 Å². The number of aromatic amines is 1. The van der Waals surface area contributed by atoms with Crippen LogP contribution in [0.4, 0.5) is 0 Å². The van der Waals surface area contributed by atoms with Crippen LogP contribution in [-0.2, 0) is 0 Å². The summed E-state index contributed by atoms with van der Waals surface area (Å²) in [6.45, 7) is 3.51. The molecule has 8 heavy (non-hydrogen) atoms. The first-order valence-corrected chi connectivity index (χ1v) is 3.23. The van der Waals surface area contributed by atoms with Crippen molar-refractivity contribution in [3.05, 3.63) is 16.4 Å². The third-order valence-corrected chi connectivity index (χ3v) is 1.57. The molecule has 1 rings (SSSR count). The van der Waals surface area contributed by atoms with Crippen LogP contribution in [0.15, 0.2) is 6.58 Å². The smallest absolute Gasteiger partial charge is 0.198 e. The molecular formula is C4H4N2S2. The summed E-state index contributed by atoms with van der Waals surface area (Å²) >= 11 is 6.06. The Morgan fingerprint density at radius 3 is 2.88 bits per heavy atom. The van der Waals surface area contributed by atoms with Crippen molar-refractivity contribution in [2.45, 2.75) is 0 Å².